The van der Waals surface area contributed by atoms with Crippen molar-refractivity contribution >= 4 is 0 Å². The Bertz CT molecular complexity index is 364. The third kappa shape index (κ3) is 1.23. The molecular formula is C10H9NO. The topological polar surface area (TPSA) is 26.0 Å². The van der Waals surface area contributed by atoms with Gasteiger partial charge in [0.15, 0.2) is 0 Å². The fourth-order valence-corrected chi connectivity index (χ4v) is 1.11. The Balaban J connectivity index is 2.45. The van der Waals surface area contributed by atoms with Crippen LogP contribution in [-0.2, 0) is 0 Å². The quantitative estimate of drug-likeness (QED) is 0.639. The number of hydrogen-bond donors (Lipinski definition) is 0. The zero-order chi connectivity index (χ0) is 8.39. The first kappa shape index (κ1) is 7.10. The lowest BCUT2D eigenvalue weighted by atomic mass is 10.1. The maximum absolute atomic E-state index is 4.97. The third-order valence-electron chi connectivity index (χ3n) is 1.70. The summed E-state index contributed by atoms with van der Waals surface area (Å²) in [6.45, 7) is 1.89. The van der Waals surface area contributed by atoms with Crippen molar-refractivity contribution in [1.82, 2.24) is 5.16 Å². The maximum atomic E-state index is 4.97. The van der Waals surface area contributed by atoms with Gasteiger partial charge in [-0.2, -0.15) is 0 Å². The summed E-state index contributed by atoms with van der Waals surface area (Å²) in [4.78, 5) is 0. The lowest BCUT2D eigenvalue weighted by molar-refractivity contribution is 0.399. The molecule has 0 amide bonds. The van der Waals surface area contributed by atoms with Gasteiger partial charge in [0.25, 0.3) is 0 Å². The van der Waals surface area contributed by atoms with Gasteiger partial charge >= 0.3 is 0 Å². The van der Waals surface area contributed by atoms with E-state index < -0.39 is 0 Å². The summed E-state index contributed by atoms with van der Waals surface area (Å²) in [5, 5.41) is 3.91. The lowest BCUT2D eigenvalue weighted by Gasteiger charge is -1.90. The van der Waals surface area contributed by atoms with Crippen LogP contribution in [0.1, 0.15) is 5.76 Å². The van der Waals surface area contributed by atoms with E-state index in [4.69, 9.17) is 4.52 Å². The first-order valence-electron chi connectivity index (χ1n) is 3.85. The molecule has 2 aromatic rings. The van der Waals surface area contributed by atoms with Crippen molar-refractivity contribution in [3.63, 3.8) is 0 Å². The Morgan fingerprint density at radius 2 is 1.92 bits per heavy atom. The Morgan fingerprint density at radius 1 is 1.17 bits per heavy atom. The molecule has 0 aliphatic carbocycles. The summed E-state index contributed by atoms with van der Waals surface area (Å²) in [6, 6.07) is 11.9. The minimum absolute atomic E-state index is 0.842. The van der Waals surface area contributed by atoms with E-state index in [0.717, 1.165) is 17.0 Å². The molecule has 0 aliphatic heterocycles. The van der Waals surface area contributed by atoms with Crippen LogP contribution in [0.15, 0.2) is 40.9 Å². The molecule has 12 heavy (non-hydrogen) atoms. The molecule has 0 radical (unpaired) electrons. The van der Waals surface area contributed by atoms with Gasteiger partial charge in [-0.1, -0.05) is 35.5 Å². The normalized spacial score (nSPS) is 10.1. The van der Waals surface area contributed by atoms with Gasteiger partial charge in [0.1, 0.15) is 11.5 Å². The van der Waals surface area contributed by atoms with Crippen LogP contribution in [0.2, 0.25) is 0 Å². The lowest BCUT2D eigenvalue weighted by Crippen LogP contribution is -1.73. The van der Waals surface area contributed by atoms with Crippen molar-refractivity contribution in [3.8, 4) is 11.3 Å². The molecule has 1 aromatic heterocycles. The van der Waals surface area contributed by atoms with Crippen LogP contribution in [0.4, 0.5) is 0 Å². The highest BCUT2D eigenvalue weighted by Crippen LogP contribution is 2.17. The maximum Gasteiger partial charge on any atom is 0.134 e. The van der Waals surface area contributed by atoms with Crippen LogP contribution in [-0.4, -0.2) is 5.16 Å². The summed E-state index contributed by atoms with van der Waals surface area (Å²) in [6.07, 6.45) is 0. The van der Waals surface area contributed by atoms with Crippen molar-refractivity contribution in [1.29, 1.82) is 0 Å². The molecule has 1 aromatic carbocycles. The largest absolute Gasteiger partial charge is 0.361 e. The zero-order valence-electron chi connectivity index (χ0n) is 6.82. The monoisotopic (exact) mass is 159 g/mol. The molecular weight excluding hydrogens is 150 g/mol. The summed E-state index contributed by atoms with van der Waals surface area (Å²) in [5.74, 6) is 0.842. The molecule has 1 heterocycles. The Kier molecular flexibility index (Phi) is 1.67. The molecule has 0 saturated carbocycles. The van der Waals surface area contributed by atoms with E-state index in [1.54, 1.807) is 0 Å². The molecule has 0 saturated heterocycles. The van der Waals surface area contributed by atoms with Crippen LogP contribution in [0.25, 0.3) is 11.3 Å². The second-order valence-corrected chi connectivity index (χ2v) is 2.69. The number of benzene rings is 1. The number of rotatable bonds is 1. The predicted octanol–water partition coefficient (Wildman–Crippen LogP) is 2.65. The van der Waals surface area contributed by atoms with E-state index in [1.165, 1.54) is 0 Å². The summed E-state index contributed by atoms with van der Waals surface area (Å²) >= 11 is 0. The van der Waals surface area contributed by atoms with E-state index in [1.807, 2.05) is 43.3 Å². The Morgan fingerprint density at radius 3 is 2.50 bits per heavy atom. The number of aromatic nitrogens is 1. The van der Waals surface area contributed by atoms with Crippen molar-refractivity contribution in [2.45, 2.75) is 6.92 Å². The fourth-order valence-electron chi connectivity index (χ4n) is 1.11. The summed E-state index contributed by atoms with van der Waals surface area (Å²) < 4.78 is 4.97. The van der Waals surface area contributed by atoms with Crippen LogP contribution in [0.3, 0.4) is 0 Å². The van der Waals surface area contributed by atoms with Crippen molar-refractivity contribution in [3.05, 3.63) is 42.2 Å². The van der Waals surface area contributed by atoms with Gasteiger partial charge in [-0.25, -0.2) is 0 Å². The van der Waals surface area contributed by atoms with E-state index in [9.17, 15) is 0 Å². The minimum Gasteiger partial charge on any atom is -0.361 e. The van der Waals surface area contributed by atoms with Gasteiger partial charge in [0, 0.05) is 11.6 Å². The van der Waals surface area contributed by atoms with E-state index >= 15 is 0 Å². The van der Waals surface area contributed by atoms with Crippen molar-refractivity contribution < 1.29 is 4.52 Å². The summed E-state index contributed by atoms with van der Waals surface area (Å²) in [7, 11) is 0. The van der Waals surface area contributed by atoms with Crippen LogP contribution < -0.4 is 0 Å². The smallest absolute Gasteiger partial charge is 0.134 e. The molecule has 0 unspecified atom stereocenters. The highest BCUT2D eigenvalue weighted by atomic mass is 16.5. The molecule has 60 valence electrons. The van der Waals surface area contributed by atoms with Gasteiger partial charge in [-0.15, -0.1) is 0 Å². The van der Waals surface area contributed by atoms with Gasteiger partial charge < -0.3 is 4.52 Å². The Labute approximate surface area is 70.8 Å². The SMILES string of the molecule is Cc1cc(-c2ccccc2)no1. The first-order chi connectivity index (χ1) is 5.86. The fraction of sp³-hybridized carbons (Fsp3) is 0.100. The van der Waals surface area contributed by atoms with E-state index in [2.05, 4.69) is 5.16 Å². The van der Waals surface area contributed by atoms with E-state index in [-0.39, 0.29) is 0 Å². The molecule has 2 nitrogen and oxygen atoms in total. The average molecular weight is 159 g/mol. The van der Waals surface area contributed by atoms with Crippen molar-refractivity contribution in [2.75, 3.05) is 0 Å². The molecule has 0 bridgehead atoms. The van der Waals surface area contributed by atoms with Crippen LogP contribution >= 0.6 is 0 Å². The van der Waals surface area contributed by atoms with E-state index in [0.29, 0.717) is 0 Å². The number of hydrogen-bond acceptors (Lipinski definition) is 2. The van der Waals surface area contributed by atoms with Crippen LogP contribution in [0, 0.1) is 6.92 Å². The molecule has 2 heteroatoms. The second kappa shape index (κ2) is 2.81. The number of nitrogens with zero attached hydrogens (tertiary/aromatic N) is 1. The Hall–Kier alpha value is -1.57. The standard InChI is InChI=1S/C10H9NO/c1-8-7-10(11-12-8)9-5-3-2-4-6-9/h2-7H,1H3. The van der Waals surface area contributed by atoms with Gasteiger partial charge in [0.2, 0.25) is 0 Å². The van der Waals surface area contributed by atoms with Crippen molar-refractivity contribution in [2.24, 2.45) is 0 Å². The van der Waals surface area contributed by atoms with Gasteiger partial charge in [-0.05, 0) is 6.92 Å². The van der Waals surface area contributed by atoms with Crippen LogP contribution in [0.5, 0.6) is 0 Å². The molecule has 2 rings (SSSR count). The zero-order valence-corrected chi connectivity index (χ0v) is 6.82. The average Bonchev–Trinajstić information content (AvgIpc) is 2.54. The second-order valence-electron chi connectivity index (χ2n) is 2.69. The molecule has 0 N–H and O–H groups in total. The highest BCUT2D eigenvalue weighted by Gasteiger charge is 2.00. The molecule has 0 atom stereocenters. The molecule has 0 aliphatic rings. The van der Waals surface area contributed by atoms with Gasteiger partial charge in [0.05, 0.1) is 0 Å². The molecule has 0 spiro atoms. The number of aryl methyl sites for hydroxylation is 1. The predicted molar refractivity (Wildman–Crippen MR) is 46.7 cm³/mol. The summed E-state index contributed by atoms with van der Waals surface area (Å²) in [5.41, 5.74) is 1.99. The molecule has 0 fully saturated rings. The minimum atomic E-state index is 0.842. The highest BCUT2D eigenvalue weighted by molar-refractivity contribution is 5.58. The van der Waals surface area contributed by atoms with Gasteiger partial charge in [-0.3, -0.25) is 0 Å². The third-order valence-corrected chi connectivity index (χ3v) is 1.70. The first-order valence-corrected chi connectivity index (χ1v) is 3.85.